The second-order valence-corrected chi connectivity index (χ2v) is 6.37. The predicted molar refractivity (Wildman–Crippen MR) is 71.4 cm³/mol. The minimum atomic E-state index is -3.65. The van der Waals surface area contributed by atoms with Crippen LogP contribution in [0, 0.1) is 0 Å². The van der Waals surface area contributed by atoms with Gasteiger partial charge < -0.3 is 4.74 Å². The van der Waals surface area contributed by atoms with Crippen LogP contribution in [0.25, 0.3) is 0 Å². The SMILES string of the molecule is CNS(=O)(=O)c1ccc(Br)c(C(=O)OCC(C)=O)c1. The summed E-state index contributed by atoms with van der Waals surface area (Å²) in [5.74, 6) is -1.07. The average molecular weight is 350 g/mol. The number of carbonyl (C=O) groups excluding carboxylic acids is 2. The molecule has 0 spiro atoms. The highest BCUT2D eigenvalue weighted by molar-refractivity contribution is 9.10. The van der Waals surface area contributed by atoms with E-state index in [1.54, 1.807) is 0 Å². The molecule has 0 aliphatic heterocycles. The molecule has 0 atom stereocenters. The molecule has 0 aromatic heterocycles. The van der Waals surface area contributed by atoms with E-state index < -0.39 is 16.0 Å². The molecule has 1 rings (SSSR count). The second-order valence-electron chi connectivity index (χ2n) is 3.63. The zero-order chi connectivity index (χ0) is 14.6. The fourth-order valence-corrected chi connectivity index (χ4v) is 2.36. The summed E-state index contributed by atoms with van der Waals surface area (Å²) < 4.78 is 30.5. The maximum Gasteiger partial charge on any atom is 0.339 e. The van der Waals surface area contributed by atoms with Crippen LogP contribution >= 0.6 is 15.9 Å². The lowest BCUT2D eigenvalue weighted by Crippen LogP contribution is -2.19. The summed E-state index contributed by atoms with van der Waals surface area (Å²) in [6.07, 6.45) is 0. The lowest BCUT2D eigenvalue weighted by Gasteiger charge is -2.07. The maximum absolute atomic E-state index is 11.7. The number of rotatable bonds is 5. The number of ether oxygens (including phenoxy) is 1. The van der Waals surface area contributed by atoms with E-state index in [4.69, 9.17) is 4.74 Å². The molecule has 104 valence electrons. The van der Waals surface area contributed by atoms with Crippen LogP contribution in [0.2, 0.25) is 0 Å². The van der Waals surface area contributed by atoms with Gasteiger partial charge in [-0.3, -0.25) is 4.79 Å². The fourth-order valence-electron chi connectivity index (χ4n) is 1.19. The van der Waals surface area contributed by atoms with Gasteiger partial charge >= 0.3 is 5.97 Å². The van der Waals surface area contributed by atoms with Crippen LogP contribution in [0.3, 0.4) is 0 Å². The fraction of sp³-hybridized carbons (Fsp3) is 0.273. The van der Waals surface area contributed by atoms with E-state index in [0.717, 1.165) is 0 Å². The van der Waals surface area contributed by atoms with E-state index >= 15 is 0 Å². The smallest absolute Gasteiger partial charge is 0.339 e. The first-order valence-electron chi connectivity index (χ1n) is 5.17. The quantitative estimate of drug-likeness (QED) is 0.804. The predicted octanol–water partition coefficient (Wildman–Crippen LogP) is 1.10. The third-order valence-corrected chi connectivity index (χ3v) is 4.25. The summed E-state index contributed by atoms with van der Waals surface area (Å²) in [4.78, 5) is 22.4. The molecule has 0 fully saturated rings. The van der Waals surface area contributed by atoms with Crippen molar-refractivity contribution in [2.45, 2.75) is 11.8 Å². The molecule has 8 heteroatoms. The van der Waals surface area contributed by atoms with Gasteiger partial charge in [0.05, 0.1) is 10.5 Å². The number of hydrogen-bond donors (Lipinski definition) is 1. The Bertz CT molecular complexity index is 612. The number of benzene rings is 1. The Labute approximate surface area is 119 Å². The highest BCUT2D eigenvalue weighted by atomic mass is 79.9. The van der Waals surface area contributed by atoms with Crippen LogP contribution in [-0.2, 0) is 19.6 Å². The van der Waals surface area contributed by atoms with E-state index in [9.17, 15) is 18.0 Å². The van der Waals surface area contributed by atoms with Crippen molar-refractivity contribution < 1.29 is 22.7 Å². The molecule has 0 aliphatic rings. The monoisotopic (exact) mass is 349 g/mol. The van der Waals surface area contributed by atoms with Crippen molar-refractivity contribution in [3.8, 4) is 0 Å². The van der Waals surface area contributed by atoms with Crippen molar-refractivity contribution in [3.05, 3.63) is 28.2 Å². The molecule has 6 nitrogen and oxygen atoms in total. The molecule has 0 bridgehead atoms. The highest BCUT2D eigenvalue weighted by Crippen LogP contribution is 2.21. The second kappa shape index (κ2) is 6.27. The first-order chi connectivity index (χ1) is 8.77. The number of hydrogen-bond acceptors (Lipinski definition) is 5. The summed E-state index contributed by atoms with van der Waals surface area (Å²) in [7, 11) is -2.38. The molecule has 0 saturated heterocycles. The van der Waals surface area contributed by atoms with E-state index in [1.807, 2.05) is 0 Å². The molecule has 0 aliphatic carbocycles. The zero-order valence-electron chi connectivity index (χ0n) is 10.3. The van der Waals surface area contributed by atoms with Gasteiger partial charge in [0.15, 0.2) is 5.78 Å². The van der Waals surface area contributed by atoms with Gasteiger partial charge in [-0.05, 0) is 48.1 Å². The van der Waals surface area contributed by atoms with E-state index in [1.165, 1.54) is 32.2 Å². The summed E-state index contributed by atoms with van der Waals surface area (Å²) in [5.41, 5.74) is 0.0394. The summed E-state index contributed by atoms with van der Waals surface area (Å²) in [6, 6.07) is 3.95. The van der Waals surface area contributed by atoms with Crippen molar-refractivity contribution in [3.63, 3.8) is 0 Å². The molecule has 1 N–H and O–H groups in total. The normalized spacial score (nSPS) is 11.1. The molecule has 0 saturated carbocycles. The van der Waals surface area contributed by atoms with Crippen molar-refractivity contribution in [1.82, 2.24) is 4.72 Å². The minimum absolute atomic E-state index is 0.0394. The summed E-state index contributed by atoms with van der Waals surface area (Å²) in [6.45, 7) is 0.929. The van der Waals surface area contributed by atoms with Crippen LogP contribution in [0.15, 0.2) is 27.6 Å². The van der Waals surface area contributed by atoms with E-state index in [-0.39, 0.29) is 22.8 Å². The Balaban J connectivity index is 3.11. The Hall–Kier alpha value is -1.25. The Morgan fingerprint density at radius 1 is 1.37 bits per heavy atom. The maximum atomic E-state index is 11.7. The molecule has 0 heterocycles. The zero-order valence-corrected chi connectivity index (χ0v) is 12.7. The van der Waals surface area contributed by atoms with Gasteiger partial charge in [0.1, 0.15) is 6.61 Å². The number of Topliss-reactive ketones (excluding diaryl/α,β-unsaturated/α-hetero) is 1. The number of carbonyl (C=O) groups is 2. The molecule has 0 unspecified atom stereocenters. The van der Waals surface area contributed by atoms with Gasteiger partial charge in [-0.1, -0.05) is 0 Å². The molecule has 0 radical (unpaired) electrons. The van der Waals surface area contributed by atoms with Gasteiger partial charge in [0, 0.05) is 4.47 Å². The molecule has 19 heavy (non-hydrogen) atoms. The van der Waals surface area contributed by atoms with Crippen molar-refractivity contribution >= 4 is 37.7 Å². The first kappa shape index (κ1) is 15.8. The molecular weight excluding hydrogens is 338 g/mol. The van der Waals surface area contributed by atoms with Gasteiger partial charge in [-0.15, -0.1) is 0 Å². The largest absolute Gasteiger partial charge is 0.454 e. The first-order valence-corrected chi connectivity index (χ1v) is 7.45. The van der Waals surface area contributed by atoms with Crippen LogP contribution in [-0.4, -0.2) is 33.8 Å². The summed E-state index contributed by atoms with van der Waals surface area (Å²) >= 11 is 3.13. The molecular formula is C11H12BrNO5S. The van der Waals surface area contributed by atoms with Gasteiger partial charge in [-0.25, -0.2) is 17.9 Å². The molecule has 0 amide bonds. The lowest BCUT2D eigenvalue weighted by molar-refractivity contribution is -0.120. The van der Waals surface area contributed by atoms with Gasteiger partial charge in [-0.2, -0.15) is 0 Å². The van der Waals surface area contributed by atoms with Gasteiger partial charge in [0.2, 0.25) is 10.0 Å². The lowest BCUT2D eigenvalue weighted by atomic mass is 10.2. The minimum Gasteiger partial charge on any atom is -0.454 e. The summed E-state index contributed by atoms with van der Waals surface area (Å²) in [5, 5.41) is 0. The van der Waals surface area contributed by atoms with Crippen molar-refractivity contribution in [1.29, 1.82) is 0 Å². The van der Waals surface area contributed by atoms with Crippen molar-refractivity contribution in [2.75, 3.05) is 13.7 Å². The Morgan fingerprint density at radius 3 is 2.53 bits per heavy atom. The van der Waals surface area contributed by atoms with Crippen LogP contribution < -0.4 is 4.72 Å². The number of halogens is 1. The topological polar surface area (TPSA) is 89.5 Å². The van der Waals surface area contributed by atoms with Crippen LogP contribution in [0.5, 0.6) is 0 Å². The standard InChI is InChI=1S/C11H12BrNO5S/c1-7(14)6-18-11(15)9-5-8(3-4-10(9)12)19(16,17)13-2/h3-5,13H,6H2,1-2H3. The van der Waals surface area contributed by atoms with E-state index in [0.29, 0.717) is 4.47 Å². The Kier molecular flexibility index (Phi) is 5.21. The third kappa shape index (κ3) is 4.12. The van der Waals surface area contributed by atoms with Gasteiger partial charge in [0.25, 0.3) is 0 Å². The highest BCUT2D eigenvalue weighted by Gasteiger charge is 2.18. The average Bonchev–Trinajstić information content (AvgIpc) is 2.36. The van der Waals surface area contributed by atoms with E-state index in [2.05, 4.69) is 20.7 Å². The third-order valence-electron chi connectivity index (χ3n) is 2.14. The Morgan fingerprint density at radius 2 is 2.00 bits per heavy atom. The number of nitrogens with one attached hydrogen (secondary N) is 1. The number of ketones is 1. The van der Waals surface area contributed by atoms with Crippen molar-refractivity contribution in [2.24, 2.45) is 0 Å². The van der Waals surface area contributed by atoms with Crippen LogP contribution in [0.1, 0.15) is 17.3 Å². The number of sulfonamides is 1. The number of esters is 1. The van der Waals surface area contributed by atoms with Crippen LogP contribution in [0.4, 0.5) is 0 Å². The molecule has 1 aromatic rings. The molecule has 1 aromatic carbocycles.